The van der Waals surface area contributed by atoms with Crippen molar-refractivity contribution in [3.63, 3.8) is 0 Å². The van der Waals surface area contributed by atoms with Crippen LogP contribution in [-0.4, -0.2) is 63.2 Å². The second-order valence-corrected chi connectivity index (χ2v) is 6.30. The summed E-state index contributed by atoms with van der Waals surface area (Å²) in [5.41, 5.74) is 0.439. The first kappa shape index (κ1) is 15.9. The zero-order valence-electron chi connectivity index (χ0n) is 13.0. The van der Waals surface area contributed by atoms with E-state index in [1.165, 1.54) is 64.6 Å². The smallest absolute Gasteiger partial charge is 0.0190 e. The highest BCUT2D eigenvalue weighted by molar-refractivity contribution is 4.90. The van der Waals surface area contributed by atoms with E-state index < -0.39 is 0 Å². The van der Waals surface area contributed by atoms with Gasteiger partial charge in [0.25, 0.3) is 0 Å². The number of hydrogen-bond acceptors (Lipinski definition) is 3. The summed E-state index contributed by atoms with van der Waals surface area (Å²) in [6, 6.07) is 0. The van der Waals surface area contributed by atoms with Crippen LogP contribution in [0.25, 0.3) is 0 Å². The highest BCUT2D eigenvalue weighted by Gasteiger charge is 2.29. The van der Waals surface area contributed by atoms with Crippen LogP contribution in [0, 0.1) is 0 Å². The summed E-state index contributed by atoms with van der Waals surface area (Å²) >= 11 is 0. The lowest BCUT2D eigenvalue weighted by molar-refractivity contribution is 0.194. The van der Waals surface area contributed by atoms with Crippen LogP contribution >= 0.6 is 0 Å². The Balaban J connectivity index is 2.20. The minimum absolute atomic E-state index is 0.439. The molecule has 0 saturated heterocycles. The van der Waals surface area contributed by atoms with Crippen molar-refractivity contribution in [2.24, 2.45) is 0 Å². The molecule has 1 saturated carbocycles. The van der Waals surface area contributed by atoms with Crippen LogP contribution in [-0.2, 0) is 0 Å². The molecule has 1 N–H and O–H groups in total. The van der Waals surface area contributed by atoms with Gasteiger partial charge in [-0.15, -0.1) is 0 Å². The Kier molecular flexibility index (Phi) is 7.20. The van der Waals surface area contributed by atoms with Crippen LogP contribution in [0.5, 0.6) is 0 Å². The number of nitrogens with zero attached hydrogens (tertiary/aromatic N) is 2. The summed E-state index contributed by atoms with van der Waals surface area (Å²) in [5.74, 6) is 0. The molecular weight excluding hydrogens is 222 g/mol. The molecule has 18 heavy (non-hydrogen) atoms. The van der Waals surface area contributed by atoms with E-state index in [2.05, 4.69) is 43.3 Å². The molecule has 0 bridgehead atoms. The van der Waals surface area contributed by atoms with Crippen molar-refractivity contribution in [1.82, 2.24) is 15.1 Å². The average Bonchev–Trinajstić information content (AvgIpc) is 2.37. The summed E-state index contributed by atoms with van der Waals surface area (Å²) in [6.45, 7) is 3.65. The summed E-state index contributed by atoms with van der Waals surface area (Å²) < 4.78 is 0. The fourth-order valence-electron chi connectivity index (χ4n) is 3.03. The third kappa shape index (κ3) is 5.68. The van der Waals surface area contributed by atoms with Gasteiger partial charge in [-0.25, -0.2) is 0 Å². The minimum atomic E-state index is 0.439. The molecule has 0 heterocycles. The van der Waals surface area contributed by atoms with Crippen molar-refractivity contribution >= 4 is 0 Å². The maximum atomic E-state index is 3.61. The fraction of sp³-hybridized carbons (Fsp3) is 1.00. The van der Waals surface area contributed by atoms with Gasteiger partial charge in [0.2, 0.25) is 0 Å². The first-order chi connectivity index (χ1) is 8.58. The van der Waals surface area contributed by atoms with E-state index in [1.807, 2.05) is 0 Å². The maximum Gasteiger partial charge on any atom is 0.0190 e. The van der Waals surface area contributed by atoms with Gasteiger partial charge in [-0.3, -0.25) is 0 Å². The summed E-state index contributed by atoms with van der Waals surface area (Å²) in [6.07, 6.45) is 9.57. The summed E-state index contributed by atoms with van der Waals surface area (Å²) in [4.78, 5) is 4.77. The van der Waals surface area contributed by atoms with Crippen molar-refractivity contribution in [3.8, 4) is 0 Å². The van der Waals surface area contributed by atoms with Gasteiger partial charge in [-0.05, 0) is 73.5 Å². The molecule has 0 radical (unpaired) electrons. The largest absolute Gasteiger partial charge is 0.314 e. The zero-order valence-corrected chi connectivity index (χ0v) is 13.0. The van der Waals surface area contributed by atoms with Crippen LogP contribution < -0.4 is 5.32 Å². The molecule has 3 heteroatoms. The lowest BCUT2D eigenvalue weighted by Crippen LogP contribution is -2.46. The average molecular weight is 255 g/mol. The number of nitrogens with one attached hydrogen (secondary N) is 1. The third-order valence-electron chi connectivity index (χ3n) is 4.46. The van der Waals surface area contributed by atoms with Gasteiger partial charge in [-0.1, -0.05) is 19.3 Å². The molecule has 0 aromatic heterocycles. The topological polar surface area (TPSA) is 18.5 Å². The van der Waals surface area contributed by atoms with Crippen molar-refractivity contribution in [3.05, 3.63) is 0 Å². The molecule has 1 aliphatic carbocycles. The van der Waals surface area contributed by atoms with Crippen molar-refractivity contribution in [1.29, 1.82) is 0 Å². The first-order valence-corrected chi connectivity index (χ1v) is 7.60. The SMILES string of the molecule is CNC1(CCN(C)CCCN(C)C)CCCCC1. The predicted octanol–water partition coefficient (Wildman–Crippen LogP) is 2.18. The van der Waals surface area contributed by atoms with Crippen LogP contribution in [0.3, 0.4) is 0 Å². The van der Waals surface area contributed by atoms with Gasteiger partial charge in [0.15, 0.2) is 0 Å². The van der Waals surface area contributed by atoms with Gasteiger partial charge in [0.05, 0.1) is 0 Å². The van der Waals surface area contributed by atoms with E-state index in [4.69, 9.17) is 0 Å². The van der Waals surface area contributed by atoms with Crippen LogP contribution in [0.15, 0.2) is 0 Å². The minimum Gasteiger partial charge on any atom is -0.314 e. The molecule has 0 unspecified atom stereocenters. The van der Waals surface area contributed by atoms with Crippen LogP contribution in [0.4, 0.5) is 0 Å². The predicted molar refractivity (Wildman–Crippen MR) is 80.2 cm³/mol. The zero-order chi connectivity index (χ0) is 13.4. The molecule has 0 atom stereocenters. The number of rotatable bonds is 8. The Morgan fingerprint density at radius 1 is 0.944 bits per heavy atom. The monoisotopic (exact) mass is 255 g/mol. The highest BCUT2D eigenvalue weighted by Crippen LogP contribution is 2.30. The fourth-order valence-corrected chi connectivity index (χ4v) is 3.03. The molecule has 0 spiro atoms. The van der Waals surface area contributed by atoms with Crippen molar-refractivity contribution in [2.45, 2.75) is 50.5 Å². The molecule has 108 valence electrons. The third-order valence-corrected chi connectivity index (χ3v) is 4.46. The second kappa shape index (κ2) is 8.13. The molecule has 0 aromatic carbocycles. The summed E-state index contributed by atoms with van der Waals surface area (Å²) in [5, 5.41) is 3.61. The van der Waals surface area contributed by atoms with E-state index >= 15 is 0 Å². The Morgan fingerprint density at radius 3 is 2.17 bits per heavy atom. The van der Waals surface area contributed by atoms with Crippen molar-refractivity contribution in [2.75, 3.05) is 47.8 Å². The van der Waals surface area contributed by atoms with Gasteiger partial charge in [0.1, 0.15) is 0 Å². The summed E-state index contributed by atoms with van der Waals surface area (Å²) in [7, 11) is 8.72. The number of hydrogen-bond donors (Lipinski definition) is 1. The lowest BCUT2D eigenvalue weighted by Gasteiger charge is -2.38. The van der Waals surface area contributed by atoms with E-state index in [1.54, 1.807) is 0 Å². The molecule has 1 rings (SSSR count). The van der Waals surface area contributed by atoms with Crippen LogP contribution in [0.1, 0.15) is 44.9 Å². The molecule has 0 aromatic rings. The Morgan fingerprint density at radius 2 is 1.61 bits per heavy atom. The Bertz CT molecular complexity index is 210. The molecular formula is C15H33N3. The van der Waals surface area contributed by atoms with Gasteiger partial charge in [-0.2, -0.15) is 0 Å². The Labute approximate surface area is 114 Å². The van der Waals surface area contributed by atoms with Gasteiger partial charge in [0, 0.05) is 5.54 Å². The quantitative estimate of drug-likeness (QED) is 0.717. The molecule has 3 nitrogen and oxygen atoms in total. The highest BCUT2D eigenvalue weighted by atomic mass is 15.1. The molecule has 0 aliphatic heterocycles. The maximum absolute atomic E-state index is 3.61. The van der Waals surface area contributed by atoms with E-state index in [9.17, 15) is 0 Å². The van der Waals surface area contributed by atoms with E-state index in [-0.39, 0.29) is 0 Å². The standard InChI is InChI=1S/C15H33N3/c1-16-15(9-6-5-7-10-15)11-14-18(4)13-8-12-17(2)3/h16H,5-14H2,1-4H3. The van der Waals surface area contributed by atoms with Crippen molar-refractivity contribution < 1.29 is 0 Å². The molecule has 1 fully saturated rings. The Hall–Kier alpha value is -0.120. The molecule has 0 amide bonds. The van der Waals surface area contributed by atoms with E-state index in [0.29, 0.717) is 5.54 Å². The van der Waals surface area contributed by atoms with Crippen LogP contribution in [0.2, 0.25) is 0 Å². The lowest BCUT2D eigenvalue weighted by atomic mass is 9.79. The van der Waals surface area contributed by atoms with E-state index in [0.717, 1.165) is 0 Å². The van der Waals surface area contributed by atoms with Gasteiger partial charge >= 0.3 is 0 Å². The first-order valence-electron chi connectivity index (χ1n) is 7.60. The van der Waals surface area contributed by atoms with Gasteiger partial charge < -0.3 is 15.1 Å². The normalized spacial score (nSPS) is 19.7. The molecule has 1 aliphatic rings. The second-order valence-electron chi connectivity index (χ2n) is 6.30.